The van der Waals surface area contributed by atoms with Crippen LogP contribution in [0, 0.1) is 0 Å². The topological polar surface area (TPSA) is 175 Å². The molecule has 4 rings (SSSR count). The Labute approximate surface area is 188 Å². The van der Waals surface area contributed by atoms with Crippen LogP contribution in [0.15, 0.2) is 48.5 Å². The van der Waals surface area contributed by atoms with Crippen LogP contribution in [-0.4, -0.2) is 53.9 Å². The highest BCUT2D eigenvalue weighted by Gasteiger charge is 2.22. The minimum Gasteiger partial charge on any atom is -0.478 e. The predicted octanol–water partition coefficient (Wildman–Crippen LogP) is 3.82. The molecular formula is C22H12N2O8S. The van der Waals surface area contributed by atoms with Gasteiger partial charge in [0.25, 0.3) is 0 Å². The lowest BCUT2D eigenvalue weighted by molar-refractivity contribution is 0.0677. The van der Waals surface area contributed by atoms with Crippen molar-refractivity contribution in [2.24, 2.45) is 0 Å². The van der Waals surface area contributed by atoms with Crippen molar-refractivity contribution in [2.45, 2.75) is 0 Å². The average molecular weight is 464 g/mol. The van der Waals surface area contributed by atoms with Crippen LogP contribution in [0.5, 0.6) is 0 Å². The van der Waals surface area contributed by atoms with Crippen LogP contribution in [0.1, 0.15) is 41.4 Å². The number of aromatic carboxylic acids is 4. The summed E-state index contributed by atoms with van der Waals surface area (Å²) in [6.07, 6.45) is 0. The van der Waals surface area contributed by atoms with Crippen molar-refractivity contribution in [3.8, 4) is 22.3 Å². The number of carboxylic acid groups (broad SMARTS) is 4. The lowest BCUT2D eigenvalue weighted by atomic mass is 9.92. The quantitative estimate of drug-likeness (QED) is 0.328. The van der Waals surface area contributed by atoms with Crippen LogP contribution in [0.2, 0.25) is 0 Å². The second kappa shape index (κ2) is 8.13. The summed E-state index contributed by atoms with van der Waals surface area (Å²) in [5, 5.41) is 41.7. The predicted molar refractivity (Wildman–Crippen MR) is 116 cm³/mol. The Morgan fingerprint density at radius 1 is 0.606 bits per heavy atom. The summed E-state index contributed by atoms with van der Waals surface area (Å²) < 4.78 is 4.38. The van der Waals surface area contributed by atoms with Crippen molar-refractivity contribution in [1.29, 1.82) is 0 Å². The van der Waals surface area contributed by atoms with E-state index in [-0.39, 0.29) is 33.4 Å². The van der Waals surface area contributed by atoms with Crippen LogP contribution in [0.4, 0.5) is 0 Å². The number of hydrogen-bond acceptors (Lipinski definition) is 7. The second-order valence-electron chi connectivity index (χ2n) is 6.85. The molecule has 1 heterocycles. The van der Waals surface area contributed by atoms with Gasteiger partial charge in [0.05, 0.1) is 27.0 Å². The number of nitrogens with zero attached hydrogens (tertiary/aromatic N) is 2. The summed E-state index contributed by atoms with van der Waals surface area (Å²) >= 11 is 0.959. The molecular weight excluding hydrogens is 452 g/mol. The highest BCUT2D eigenvalue weighted by Crippen LogP contribution is 2.39. The molecule has 3 aromatic carbocycles. The second-order valence-corrected chi connectivity index (χ2v) is 7.61. The molecule has 0 radical (unpaired) electrons. The maximum absolute atomic E-state index is 11.8. The first-order chi connectivity index (χ1) is 15.7. The molecule has 0 amide bonds. The molecule has 0 unspecified atom stereocenters. The Bertz CT molecular complexity index is 1380. The summed E-state index contributed by atoms with van der Waals surface area (Å²) in [7, 11) is 0. The van der Waals surface area contributed by atoms with Crippen molar-refractivity contribution in [1.82, 2.24) is 9.59 Å². The normalized spacial score (nSPS) is 10.8. The summed E-state index contributed by atoms with van der Waals surface area (Å²) in [6.45, 7) is 0. The van der Waals surface area contributed by atoms with Crippen molar-refractivity contribution in [2.75, 3.05) is 0 Å². The first kappa shape index (κ1) is 21.6. The van der Waals surface area contributed by atoms with Gasteiger partial charge in [-0.3, -0.25) is 0 Å². The van der Waals surface area contributed by atoms with E-state index in [4.69, 9.17) is 0 Å². The third-order valence-electron chi connectivity index (χ3n) is 4.98. The molecule has 11 heteroatoms. The smallest absolute Gasteiger partial charge is 0.336 e. The van der Waals surface area contributed by atoms with Gasteiger partial charge in [0, 0.05) is 11.1 Å². The molecule has 0 spiro atoms. The van der Waals surface area contributed by atoms with Gasteiger partial charge in [0.15, 0.2) is 0 Å². The third-order valence-corrected chi connectivity index (χ3v) is 5.74. The number of aromatic nitrogens is 2. The maximum atomic E-state index is 11.8. The van der Waals surface area contributed by atoms with Crippen LogP contribution in [0.3, 0.4) is 0 Å². The molecule has 164 valence electrons. The minimum absolute atomic E-state index is 0.184. The zero-order valence-corrected chi connectivity index (χ0v) is 17.2. The van der Waals surface area contributed by atoms with Crippen LogP contribution in [0.25, 0.3) is 32.5 Å². The molecule has 4 N–H and O–H groups in total. The van der Waals surface area contributed by atoms with Crippen molar-refractivity contribution in [3.63, 3.8) is 0 Å². The molecule has 0 atom stereocenters. The van der Waals surface area contributed by atoms with Gasteiger partial charge in [-0.05, 0) is 46.9 Å². The zero-order chi connectivity index (χ0) is 23.9. The van der Waals surface area contributed by atoms with Gasteiger partial charge >= 0.3 is 23.9 Å². The molecule has 0 aliphatic carbocycles. The summed E-state index contributed by atoms with van der Waals surface area (Å²) in [4.78, 5) is 46.1. The molecule has 0 bridgehead atoms. The first-order valence-corrected chi connectivity index (χ1v) is 9.93. The minimum atomic E-state index is -1.33. The first-order valence-electron chi connectivity index (χ1n) is 9.16. The van der Waals surface area contributed by atoms with E-state index in [1.165, 1.54) is 30.3 Å². The van der Waals surface area contributed by atoms with Gasteiger partial charge in [-0.15, -0.1) is 5.10 Å². The van der Waals surface area contributed by atoms with Crippen LogP contribution in [-0.2, 0) is 0 Å². The van der Waals surface area contributed by atoms with E-state index in [0.717, 1.165) is 23.7 Å². The van der Waals surface area contributed by atoms with E-state index in [9.17, 15) is 39.6 Å². The van der Waals surface area contributed by atoms with E-state index in [2.05, 4.69) is 9.59 Å². The van der Waals surface area contributed by atoms with Crippen molar-refractivity contribution >= 4 is 45.6 Å². The van der Waals surface area contributed by atoms with Gasteiger partial charge < -0.3 is 20.4 Å². The fraction of sp³-hybridized carbons (Fsp3) is 0. The number of rotatable bonds is 6. The Morgan fingerprint density at radius 2 is 1.06 bits per heavy atom. The molecule has 0 saturated heterocycles. The highest BCUT2D eigenvalue weighted by molar-refractivity contribution is 7.13. The van der Waals surface area contributed by atoms with Gasteiger partial charge in [-0.2, -0.15) is 0 Å². The van der Waals surface area contributed by atoms with Crippen molar-refractivity contribution < 1.29 is 39.6 Å². The standard InChI is InChI=1S/C22H12N2O8S/c25-19(26)9-1-3-11(15(7-9)21(29)30)13-5-6-14(18-17(13)23-24-33-18)12-4-2-10(20(27)28)8-16(12)22(31)32/h1-8H,(H,25,26)(H,27,28)(H,29,30)(H,31,32). The number of fused-ring (bicyclic) bond motifs is 1. The SMILES string of the molecule is O=C(O)c1ccc(-c2ccc(-c3ccc(C(=O)O)cc3C(=O)O)c3snnc23)c(C(=O)O)c1. The van der Waals surface area contributed by atoms with Gasteiger partial charge in [0.1, 0.15) is 5.52 Å². The molecule has 4 aromatic rings. The van der Waals surface area contributed by atoms with Crippen LogP contribution < -0.4 is 0 Å². The highest BCUT2D eigenvalue weighted by atomic mass is 32.1. The Morgan fingerprint density at radius 3 is 1.55 bits per heavy atom. The summed E-state index contributed by atoms with van der Waals surface area (Å²) in [5.74, 6) is -5.19. The fourth-order valence-corrected chi connectivity index (χ4v) is 4.19. The molecule has 0 saturated carbocycles. The van der Waals surface area contributed by atoms with Crippen LogP contribution >= 0.6 is 11.5 Å². The van der Waals surface area contributed by atoms with E-state index >= 15 is 0 Å². The van der Waals surface area contributed by atoms with E-state index in [0.29, 0.717) is 21.3 Å². The van der Waals surface area contributed by atoms with E-state index in [1.54, 1.807) is 6.07 Å². The molecule has 1 aromatic heterocycles. The lowest BCUT2D eigenvalue weighted by Gasteiger charge is -2.12. The Kier molecular flexibility index (Phi) is 5.32. The Balaban J connectivity index is 1.96. The maximum Gasteiger partial charge on any atom is 0.336 e. The number of carbonyl (C=O) groups is 4. The summed E-state index contributed by atoms with van der Waals surface area (Å²) in [5.41, 5.74) is 0.713. The number of carboxylic acids is 4. The van der Waals surface area contributed by atoms with E-state index in [1.807, 2.05) is 0 Å². The third kappa shape index (κ3) is 3.77. The fourth-order valence-electron chi connectivity index (χ4n) is 3.47. The molecule has 0 fully saturated rings. The number of benzene rings is 3. The van der Waals surface area contributed by atoms with Crippen molar-refractivity contribution in [3.05, 3.63) is 70.8 Å². The van der Waals surface area contributed by atoms with Gasteiger partial charge in [-0.1, -0.05) is 28.8 Å². The Hall–Kier alpha value is -4.64. The largest absolute Gasteiger partial charge is 0.478 e. The average Bonchev–Trinajstić information content (AvgIpc) is 3.27. The molecule has 0 aliphatic heterocycles. The molecule has 33 heavy (non-hydrogen) atoms. The van der Waals surface area contributed by atoms with E-state index < -0.39 is 23.9 Å². The zero-order valence-electron chi connectivity index (χ0n) is 16.3. The van der Waals surface area contributed by atoms with Gasteiger partial charge in [0.2, 0.25) is 0 Å². The molecule has 0 aliphatic rings. The number of hydrogen-bond donors (Lipinski definition) is 4. The molecule has 10 nitrogen and oxygen atoms in total. The monoisotopic (exact) mass is 464 g/mol. The van der Waals surface area contributed by atoms with Gasteiger partial charge in [-0.25, -0.2) is 19.2 Å². The lowest BCUT2D eigenvalue weighted by Crippen LogP contribution is -2.05. The summed E-state index contributed by atoms with van der Waals surface area (Å²) in [6, 6.07) is 10.5.